The molecule has 0 atom stereocenters. The van der Waals surface area contributed by atoms with Crippen LogP contribution in [0.2, 0.25) is 0 Å². The Kier molecular flexibility index (Phi) is 2.16. The van der Waals surface area contributed by atoms with Crippen LogP contribution in [-0.4, -0.2) is 19.9 Å². The van der Waals surface area contributed by atoms with Gasteiger partial charge in [0.05, 0.1) is 10.9 Å². The number of hydrogen-bond acceptors (Lipinski definition) is 3. The Morgan fingerprint density at radius 2 is 1.50 bits per heavy atom. The van der Waals surface area contributed by atoms with E-state index in [-0.39, 0.29) is 22.8 Å². The van der Waals surface area contributed by atoms with Crippen LogP contribution < -0.4 is 0 Å². The number of rotatable bonds is 1. The molecule has 0 amide bonds. The Morgan fingerprint density at radius 3 is 2.22 bits per heavy atom. The summed E-state index contributed by atoms with van der Waals surface area (Å²) in [5.74, 6) is -0.653. The molecule has 4 nitrogen and oxygen atoms in total. The van der Waals surface area contributed by atoms with Crippen molar-refractivity contribution in [3.63, 3.8) is 0 Å². The smallest absolute Gasteiger partial charge is 0.240 e. The van der Waals surface area contributed by atoms with Gasteiger partial charge in [0.1, 0.15) is 5.75 Å². The molecule has 18 heavy (non-hydrogen) atoms. The largest absolute Gasteiger partial charge is 0.507 e. The van der Waals surface area contributed by atoms with Crippen molar-refractivity contribution in [2.75, 3.05) is 0 Å². The summed E-state index contributed by atoms with van der Waals surface area (Å²) in [6, 6.07) is 14.0. The summed E-state index contributed by atoms with van der Waals surface area (Å²) in [6.07, 6.45) is 0. The van der Waals surface area contributed by atoms with Crippen molar-refractivity contribution in [1.82, 2.24) is 4.57 Å². The molecule has 0 aliphatic heterocycles. The van der Waals surface area contributed by atoms with Crippen molar-refractivity contribution in [2.45, 2.75) is 0 Å². The molecule has 4 heteroatoms. The Balaban J connectivity index is 2.44. The van der Waals surface area contributed by atoms with E-state index in [4.69, 9.17) is 0 Å². The molecule has 0 spiro atoms. The summed E-state index contributed by atoms with van der Waals surface area (Å²) >= 11 is 0. The van der Waals surface area contributed by atoms with Crippen LogP contribution in [0.1, 0.15) is 0 Å². The number of para-hydroxylation sites is 1. The van der Waals surface area contributed by atoms with Crippen molar-refractivity contribution < 1.29 is 15.3 Å². The van der Waals surface area contributed by atoms with E-state index in [1.54, 1.807) is 12.1 Å². The lowest BCUT2D eigenvalue weighted by Crippen LogP contribution is -1.91. The Morgan fingerprint density at radius 1 is 0.778 bits per heavy atom. The number of phenolic OH excluding ortho intramolecular Hbond substituents is 1. The first kappa shape index (κ1) is 10.5. The Labute approximate surface area is 103 Å². The van der Waals surface area contributed by atoms with Gasteiger partial charge in [0.25, 0.3) is 0 Å². The fraction of sp³-hybridized carbons (Fsp3) is 0. The normalized spacial score (nSPS) is 10.9. The van der Waals surface area contributed by atoms with Gasteiger partial charge in [-0.25, -0.2) is 0 Å². The van der Waals surface area contributed by atoms with Gasteiger partial charge in [-0.2, -0.15) is 0 Å². The summed E-state index contributed by atoms with van der Waals surface area (Å²) in [5.41, 5.74) is 1.27. The van der Waals surface area contributed by atoms with Gasteiger partial charge in [-0.05, 0) is 24.3 Å². The van der Waals surface area contributed by atoms with Crippen LogP contribution in [0.25, 0.3) is 16.6 Å². The van der Waals surface area contributed by atoms with Crippen LogP contribution in [0.4, 0.5) is 0 Å². The summed E-state index contributed by atoms with van der Waals surface area (Å²) in [5, 5.41) is 29.9. The maximum Gasteiger partial charge on any atom is 0.240 e. The van der Waals surface area contributed by atoms with Gasteiger partial charge < -0.3 is 15.3 Å². The maximum atomic E-state index is 10.0. The first-order valence-corrected chi connectivity index (χ1v) is 5.50. The standard InChI is InChI=1S/C14H11NO3/c16-11-8-4-7-10-12(11)13(17)14(18)15(10)9-5-2-1-3-6-9/h1-8,16-18H. The number of fused-ring (bicyclic) bond motifs is 1. The zero-order valence-corrected chi connectivity index (χ0v) is 9.41. The lowest BCUT2D eigenvalue weighted by molar-refractivity contribution is 0.388. The van der Waals surface area contributed by atoms with E-state index in [9.17, 15) is 15.3 Å². The van der Waals surface area contributed by atoms with Crippen LogP contribution in [0, 0.1) is 0 Å². The van der Waals surface area contributed by atoms with Gasteiger partial charge in [-0.3, -0.25) is 4.57 Å². The SMILES string of the molecule is Oc1cccc2c1c(O)c(O)n2-c1ccccc1. The van der Waals surface area contributed by atoms with Crippen LogP contribution in [0.5, 0.6) is 17.4 Å². The van der Waals surface area contributed by atoms with Crippen LogP contribution in [0.15, 0.2) is 48.5 Å². The van der Waals surface area contributed by atoms with Crippen LogP contribution in [0.3, 0.4) is 0 Å². The number of benzene rings is 2. The molecule has 0 saturated heterocycles. The van der Waals surface area contributed by atoms with Crippen molar-refractivity contribution in [3.8, 4) is 23.1 Å². The first-order chi connectivity index (χ1) is 8.70. The maximum absolute atomic E-state index is 10.0. The van der Waals surface area contributed by atoms with E-state index in [1.165, 1.54) is 10.6 Å². The number of phenols is 1. The Hall–Kier alpha value is -2.62. The number of hydrogen-bond donors (Lipinski definition) is 3. The van der Waals surface area contributed by atoms with E-state index in [2.05, 4.69) is 0 Å². The minimum atomic E-state index is -0.313. The minimum absolute atomic E-state index is 0.0602. The summed E-state index contributed by atoms with van der Waals surface area (Å²) < 4.78 is 1.49. The molecule has 1 aromatic heterocycles. The molecule has 0 bridgehead atoms. The molecule has 2 aromatic carbocycles. The van der Waals surface area contributed by atoms with Crippen molar-refractivity contribution in [1.29, 1.82) is 0 Å². The lowest BCUT2D eigenvalue weighted by atomic mass is 10.2. The fourth-order valence-electron chi connectivity index (χ4n) is 2.13. The lowest BCUT2D eigenvalue weighted by Gasteiger charge is -2.06. The first-order valence-electron chi connectivity index (χ1n) is 5.50. The number of aromatic hydroxyl groups is 3. The zero-order chi connectivity index (χ0) is 12.7. The fourth-order valence-corrected chi connectivity index (χ4v) is 2.13. The predicted octanol–water partition coefficient (Wildman–Crippen LogP) is 2.75. The van der Waals surface area contributed by atoms with Gasteiger partial charge in [-0.1, -0.05) is 24.3 Å². The van der Waals surface area contributed by atoms with E-state index in [0.29, 0.717) is 11.2 Å². The molecular formula is C14H11NO3. The highest BCUT2D eigenvalue weighted by molar-refractivity contribution is 5.95. The second kappa shape index (κ2) is 3.70. The summed E-state index contributed by atoms with van der Waals surface area (Å²) in [7, 11) is 0. The second-order valence-electron chi connectivity index (χ2n) is 4.01. The molecule has 0 radical (unpaired) electrons. The minimum Gasteiger partial charge on any atom is -0.507 e. The van der Waals surface area contributed by atoms with Gasteiger partial charge in [0.15, 0.2) is 5.75 Å². The molecule has 0 unspecified atom stereocenters. The zero-order valence-electron chi connectivity index (χ0n) is 9.41. The van der Waals surface area contributed by atoms with Gasteiger partial charge in [0, 0.05) is 5.69 Å². The second-order valence-corrected chi connectivity index (χ2v) is 4.01. The quantitative estimate of drug-likeness (QED) is 0.613. The average Bonchev–Trinajstić information content (AvgIpc) is 2.64. The van der Waals surface area contributed by atoms with Gasteiger partial charge >= 0.3 is 0 Å². The van der Waals surface area contributed by atoms with E-state index >= 15 is 0 Å². The van der Waals surface area contributed by atoms with Crippen LogP contribution >= 0.6 is 0 Å². The molecule has 0 aliphatic carbocycles. The molecule has 0 saturated carbocycles. The van der Waals surface area contributed by atoms with Gasteiger partial charge in [0.2, 0.25) is 5.88 Å². The topological polar surface area (TPSA) is 65.6 Å². The summed E-state index contributed by atoms with van der Waals surface area (Å²) in [4.78, 5) is 0. The molecule has 0 aliphatic rings. The van der Waals surface area contributed by atoms with Crippen LogP contribution in [-0.2, 0) is 0 Å². The molecule has 3 rings (SSSR count). The molecule has 3 aromatic rings. The third-order valence-corrected chi connectivity index (χ3v) is 2.94. The molecular weight excluding hydrogens is 230 g/mol. The third-order valence-electron chi connectivity index (χ3n) is 2.94. The monoisotopic (exact) mass is 241 g/mol. The predicted molar refractivity (Wildman–Crippen MR) is 68.3 cm³/mol. The van der Waals surface area contributed by atoms with Crippen molar-refractivity contribution >= 4 is 10.9 Å². The molecule has 3 N–H and O–H groups in total. The van der Waals surface area contributed by atoms with Crippen molar-refractivity contribution in [3.05, 3.63) is 48.5 Å². The highest BCUT2D eigenvalue weighted by Gasteiger charge is 2.19. The molecule has 0 fully saturated rings. The molecule has 90 valence electrons. The highest BCUT2D eigenvalue weighted by Crippen LogP contribution is 2.43. The third kappa shape index (κ3) is 1.32. The number of nitrogens with zero attached hydrogens (tertiary/aromatic N) is 1. The average molecular weight is 241 g/mol. The number of aromatic nitrogens is 1. The summed E-state index contributed by atoms with van der Waals surface area (Å²) in [6.45, 7) is 0. The van der Waals surface area contributed by atoms with E-state index in [0.717, 1.165) is 0 Å². The van der Waals surface area contributed by atoms with E-state index < -0.39 is 0 Å². The highest BCUT2D eigenvalue weighted by atomic mass is 16.3. The van der Waals surface area contributed by atoms with Gasteiger partial charge in [-0.15, -0.1) is 0 Å². The Bertz CT molecular complexity index is 717. The van der Waals surface area contributed by atoms with E-state index in [1.807, 2.05) is 30.3 Å². The molecule has 1 heterocycles. The van der Waals surface area contributed by atoms with Crippen molar-refractivity contribution in [2.24, 2.45) is 0 Å².